The number of hydrogen-bond donors (Lipinski definition) is 1. The standard InChI is InChI=1S/C9H7FN2O/c10-7-3-1-2-4-8(7)12-9-11-5-6-13-9/h1-6H,(H,11,12). The summed E-state index contributed by atoms with van der Waals surface area (Å²) in [5, 5.41) is 2.70. The number of halogens is 1. The minimum absolute atomic E-state index is 0.283. The van der Waals surface area contributed by atoms with Gasteiger partial charge in [0.1, 0.15) is 12.1 Å². The molecule has 1 N–H and O–H groups in total. The van der Waals surface area contributed by atoms with Crippen molar-refractivity contribution in [2.45, 2.75) is 0 Å². The minimum Gasteiger partial charge on any atom is -0.432 e. The van der Waals surface area contributed by atoms with E-state index in [-0.39, 0.29) is 11.8 Å². The van der Waals surface area contributed by atoms with Crippen LogP contribution in [0.1, 0.15) is 0 Å². The first kappa shape index (κ1) is 7.79. The number of anilines is 2. The van der Waals surface area contributed by atoms with E-state index < -0.39 is 0 Å². The first-order valence-corrected chi connectivity index (χ1v) is 3.77. The van der Waals surface area contributed by atoms with E-state index in [0.29, 0.717) is 5.69 Å². The van der Waals surface area contributed by atoms with E-state index in [1.807, 2.05) is 0 Å². The van der Waals surface area contributed by atoms with Crippen molar-refractivity contribution >= 4 is 11.7 Å². The summed E-state index contributed by atoms with van der Waals surface area (Å²) < 4.78 is 18.0. The van der Waals surface area contributed by atoms with Crippen LogP contribution in [0.2, 0.25) is 0 Å². The highest BCUT2D eigenvalue weighted by Gasteiger charge is 2.02. The first-order chi connectivity index (χ1) is 6.36. The van der Waals surface area contributed by atoms with E-state index in [2.05, 4.69) is 10.3 Å². The lowest BCUT2D eigenvalue weighted by atomic mass is 10.3. The van der Waals surface area contributed by atoms with Gasteiger partial charge in [0.25, 0.3) is 6.01 Å². The van der Waals surface area contributed by atoms with Crippen LogP contribution in [0.15, 0.2) is 41.1 Å². The van der Waals surface area contributed by atoms with Crippen LogP contribution in [0.3, 0.4) is 0 Å². The molecule has 66 valence electrons. The molecule has 0 radical (unpaired) electrons. The van der Waals surface area contributed by atoms with E-state index in [1.54, 1.807) is 18.2 Å². The molecule has 0 amide bonds. The average Bonchev–Trinajstić information content (AvgIpc) is 2.61. The molecule has 0 saturated heterocycles. The Morgan fingerprint density at radius 3 is 2.85 bits per heavy atom. The number of rotatable bonds is 2. The summed E-state index contributed by atoms with van der Waals surface area (Å²) in [7, 11) is 0. The van der Waals surface area contributed by atoms with Crippen LogP contribution in [0, 0.1) is 5.82 Å². The second kappa shape index (κ2) is 3.26. The molecule has 0 spiro atoms. The number of para-hydroxylation sites is 1. The zero-order chi connectivity index (χ0) is 9.10. The Bertz CT molecular complexity index is 386. The van der Waals surface area contributed by atoms with Gasteiger partial charge in [0, 0.05) is 0 Å². The molecule has 0 aliphatic heterocycles. The Labute approximate surface area is 74.2 Å². The van der Waals surface area contributed by atoms with Crippen LogP contribution in [0.25, 0.3) is 0 Å². The van der Waals surface area contributed by atoms with Gasteiger partial charge in [-0.2, -0.15) is 0 Å². The van der Waals surface area contributed by atoms with Crippen LogP contribution >= 0.6 is 0 Å². The molecule has 0 atom stereocenters. The van der Waals surface area contributed by atoms with E-state index in [1.165, 1.54) is 18.5 Å². The molecule has 0 aliphatic rings. The van der Waals surface area contributed by atoms with Crippen LogP contribution in [0.5, 0.6) is 0 Å². The molecule has 1 aromatic heterocycles. The lowest BCUT2D eigenvalue weighted by molar-refractivity contribution is 0.574. The van der Waals surface area contributed by atoms with Crippen molar-refractivity contribution < 1.29 is 8.81 Å². The van der Waals surface area contributed by atoms with Crippen molar-refractivity contribution in [3.63, 3.8) is 0 Å². The molecule has 0 aliphatic carbocycles. The molecule has 0 fully saturated rings. The number of oxazole rings is 1. The van der Waals surface area contributed by atoms with Gasteiger partial charge in [-0.1, -0.05) is 12.1 Å². The van der Waals surface area contributed by atoms with Crippen LogP contribution < -0.4 is 5.32 Å². The van der Waals surface area contributed by atoms with Gasteiger partial charge >= 0.3 is 0 Å². The summed E-state index contributed by atoms with van der Waals surface area (Å²) in [5.74, 6) is -0.333. The summed E-state index contributed by atoms with van der Waals surface area (Å²) in [6, 6.07) is 6.61. The van der Waals surface area contributed by atoms with Gasteiger partial charge in [-0.25, -0.2) is 9.37 Å². The zero-order valence-corrected chi connectivity index (χ0v) is 6.70. The number of nitrogens with one attached hydrogen (secondary N) is 1. The van der Waals surface area contributed by atoms with Gasteiger partial charge in [0.05, 0.1) is 11.9 Å². The molecule has 3 nitrogen and oxygen atoms in total. The normalized spacial score (nSPS) is 9.92. The average molecular weight is 178 g/mol. The van der Waals surface area contributed by atoms with Gasteiger partial charge in [-0.15, -0.1) is 0 Å². The van der Waals surface area contributed by atoms with E-state index in [4.69, 9.17) is 4.42 Å². The Balaban J connectivity index is 2.24. The van der Waals surface area contributed by atoms with Crippen molar-refractivity contribution in [1.29, 1.82) is 0 Å². The Hall–Kier alpha value is -1.84. The fraction of sp³-hybridized carbons (Fsp3) is 0. The molecule has 1 heterocycles. The van der Waals surface area contributed by atoms with Crippen molar-refractivity contribution in [3.8, 4) is 0 Å². The van der Waals surface area contributed by atoms with E-state index in [9.17, 15) is 4.39 Å². The lowest BCUT2D eigenvalue weighted by Crippen LogP contribution is -1.92. The third kappa shape index (κ3) is 1.66. The minimum atomic E-state index is -0.333. The van der Waals surface area contributed by atoms with Crippen molar-refractivity contribution in [2.24, 2.45) is 0 Å². The largest absolute Gasteiger partial charge is 0.432 e. The maximum absolute atomic E-state index is 13.0. The molecule has 2 aromatic rings. The number of benzene rings is 1. The maximum Gasteiger partial charge on any atom is 0.299 e. The molecule has 0 bridgehead atoms. The summed E-state index contributed by atoms with van der Waals surface area (Å²) in [6.07, 6.45) is 2.91. The van der Waals surface area contributed by atoms with Crippen molar-refractivity contribution in [3.05, 3.63) is 42.5 Å². The molecule has 0 saturated carbocycles. The number of hydrogen-bond acceptors (Lipinski definition) is 3. The Kier molecular flexibility index (Phi) is 1.96. The number of nitrogens with zero attached hydrogens (tertiary/aromatic N) is 1. The van der Waals surface area contributed by atoms with Crippen molar-refractivity contribution in [1.82, 2.24) is 4.98 Å². The monoisotopic (exact) mass is 178 g/mol. The lowest BCUT2D eigenvalue weighted by Gasteiger charge is -2.01. The molecule has 13 heavy (non-hydrogen) atoms. The number of aromatic nitrogens is 1. The quantitative estimate of drug-likeness (QED) is 0.767. The Morgan fingerprint density at radius 1 is 1.31 bits per heavy atom. The summed E-state index contributed by atoms with van der Waals surface area (Å²) in [4.78, 5) is 3.81. The summed E-state index contributed by atoms with van der Waals surface area (Å²) in [5.41, 5.74) is 0.352. The SMILES string of the molecule is Fc1ccccc1Nc1ncco1. The first-order valence-electron chi connectivity index (χ1n) is 3.77. The Morgan fingerprint density at radius 2 is 2.15 bits per heavy atom. The van der Waals surface area contributed by atoms with Gasteiger partial charge < -0.3 is 9.73 Å². The predicted octanol–water partition coefficient (Wildman–Crippen LogP) is 2.56. The third-order valence-electron chi connectivity index (χ3n) is 1.55. The highest BCUT2D eigenvalue weighted by atomic mass is 19.1. The summed E-state index contributed by atoms with van der Waals surface area (Å²) in [6.45, 7) is 0. The molecular weight excluding hydrogens is 171 g/mol. The molecule has 1 aromatic carbocycles. The zero-order valence-electron chi connectivity index (χ0n) is 6.70. The fourth-order valence-corrected chi connectivity index (χ4v) is 0.963. The van der Waals surface area contributed by atoms with Gasteiger partial charge in [0.2, 0.25) is 0 Å². The molecule has 0 unspecified atom stereocenters. The fourth-order valence-electron chi connectivity index (χ4n) is 0.963. The van der Waals surface area contributed by atoms with Crippen LogP contribution in [-0.2, 0) is 0 Å². The van der Waals surface area contributed by atoms with Crippen LogP contribution in [-0.4, -0.2) is 4.98 Å². The molecule has 4 heteroatoms. The second-order valence-corrected chi connectivity index (χ2v) is 2.44. The highest BCUT2D eigenvalue weighted by molar-refractivity contribution is 5.52. The van der Waals surface area contributed by atoms with Gasteiger partial charge in [-0.3, -0.25) is 0 Å². The molecule has 2 rings (SSSR count). The van der Waals surface area contributed by atoms with Gasteiger partial charge in [0.15, 0.2) is 0 Å². The van der Waals surface area contributed by atoms with E-state index >= 15 is 0 Å². The molecular formula is C9H7FN2O. The van der Waals surface area contributed by atoms with E-state index in [0.717, 1.165) is 0 Å². The summed E-state index contributed by atoms with van der Waals surface area (Å²) >= 11 is 0. The third-order valence-corrected chi connectivity index (χ3v) is 1.55. The van der Waals surface area contributed by atoms with Gasteiger partial charge in [-0.05, 0) is 12.1 Å². The smallest absolute Gasteiger partial charge is 0.299 e. The topological polar surface area (TPSA) is 38.1 Å². The highest BCUT2D eigenvalue weighted by Crippen LogP contribution is 2.17. The van der Waals surface area contributed by atoms with Crippen molar-refractivity contribution in [2.75, 3.05) is 5.32 Å². The van der Waals surface area contributed by atoms with Crippen LogP contribution in [0.4, 0.5) is 16.1 Å². The maximum atomic E-state index is 13.0. The second-order valence-electron chi connectivity index (χ2n) is 2.44. The predicted molar refractivity (Wildman–Crippen MR) is 46.2 cm³/mol.